The molecule has 6 aromatic rings. The van der Waals surface area contributed by atoms with Crippen molar-refractivity contribution in [1.29, 1.82) is 0 Å². The van der Waals surface area contributed by atoms with E-state index in [0.717, 1.165) is 46.4 Å². The number of hydrogen-bond acceptors (Lipinski definition) is 10. The first kappa shape index (κ1) is 32.8. The Morgan fingerprint density at radius 3 is 2.29 bits per heavy atom. The lowest BCUT2D eigenvalue weighted by atomic mass is 10.2. The van der Waals surface area contributed by atoms with E-state index in [0.29, 0.717) is 22.6 Å². The molecule has 0 radical (unpaired) electrons. The van der Waals surface area contributed by atoms with Crippen LogP contribution in [-0.4, -0.2) is 44.5 Å². The highest BCUT2D eigenvalue weighted by atomic mass is 127. The number of carbonyl (C=O) groups excluding carboxylic acids is 2. The van der Waals surface area contributed by atoms with Gasteiger partial charge in [-0.2, -0.15) is 0 Å². The van der Waals surface area contributed by atoms with Crippen LogP contribution in [0.25, 0.3) is 20.4 Å². The topological polar surface area (TPSA) is 105 Å². The first-order valence-electron chi connectivity index (χ1n) is 13.1. The van der Waals surface area contributed by atoms with Gasteiger partial charge in [0.2, 0.25) is 5.91 Å². The van der Waals surface area contributed by atoms with Crippen molar-refractivity contribution in [2.45, 2.75) is 8.68 Å². The number of nitrogens with zero attached hydrogens (tertiary/aromatic N) is 3. The highest BCUT2D eigenvalue weighted by molar-refractivity contribution is 14.1. The Labute approximate surface area is 310 Å². The molecule has 0 unspecified atom stereocenters. The minimum absolute atomic E-state index is 0.0492. The Bertz CT molecular complexity index is 2100. The number of thiazole rings is 2. The maximum absolute atomic E-state index is 12.8. The number of aromatic nitrogens is 2. The number of fused-ring (bicyclic) bond motifs is 2. The van der Waals surface area contributed by atoms with Gasteiger partial charge in [0, 0.05) is 31.1 Å². The van der Waals surface area contributed by atoms with Gasteiger partial charge < -0.3 is 10.4 Å². The number of anilines is 1. The third-order valence-corrected chi connectivity index (χ3v) is 12.5. The summed E-state index contributed by atoms with van der Waals surface area (Å²) in [6.45, 7) is 0. The lowest BCUT2D eigenvalue weighted by Crippen LogP contribution is -2.13. The van der Waals surface area contributed by atoms with Crippen molar-refractivity contribution in [2.75, 3.05) is 16.8 Å². The summed E-state index contributed by atoms with van der Waals surface area (Å²) in [6.07, 6.45) is 1.66. The summed E-state index contributed by atoms with van der Waals surface area (Å²) in [6, 6.07) is 22.5. The number of Topliss-reactive ketones (excluding diaryl/α,β-unsaturated/α-hetero) is 1. The van der Waals surface area contributed by atoms with Gasteiger partial charge in [0.05, 0.1) is 41.2 Å². The van der Waals surface area contributed by atoms with E-state index in [4.69, 9.17) is 0 Å². The van der Waals surface area contributed by atoms with Gasteiger partial charge in [-0.3, -0.25) is 14.6 Å². The van der Waals surface area contributed by atoms with E-state index in [-0.39, 0.29) is 23.2 Å². The van der Waals surface area contributed by atoms with Crippen LogP contribution in [0.1, 0.15) is 15.9 Å². The number of hydrogen-bond donors (Lipinski definition) is 2. The molecule has 6 rings (SSSR count). The quantitative estimate of drug-likeness (QED) is 0.0610. The summed E-state index contributed by atoms with van der Waals surface area (Å²) in [4.78, 5) is 39.1. The summed E-state index contributed by atoms with van der Waals surface area (Å²) in [5.41, 5.74) is 4.45. The van der Waals surface area contributed by atoms with Crippen LogP contribution in [0.2, 0.25) is 0 Å². The van der Waals surface area contributed by atoms with E-state index in [1.54, 1.807) is 6.21 Å². The average Bonchev–Trinajstić information content (AvgIpc) is 3.63. The Morgan fingerprint density at radius 1 is 0.889 bits per heavy atom. The molecule has 45 heavy (non-hydrogen) atoms. The zero-order valence-corrected chi connectivity index (χ0v) is 32.0. The third kappa shape index (κ3) is 8.44. The SMILES string of the molecule is O=C(CSc1nc2ccc(N=Cc3cc(I)cc(I)c3O)cc2s1)Nc1ccc2nc(SCC(=O)c3ccc(Br)cc3)sc2c1. The molecule has 226 valence electrons. The molecule has 0 aliphatic heterocycles. The molecule has 0 bridgehead atoms. The summed E-state index contributed by atoms with van der Waals surface area (Å²) in [5.74, 6) is 0.658. The first-order chi connectivity index (χ1) is 21.7. The molecule has 4 aromatic carbocycles. The fourth-order valence-electron chi connectivity index (χ4n) is 4.08. The molecular formula is C31H19BrI2N4O3S4. The fraction of sp³-hybridized carbons (Fsp3) is 0.0645. The van der Waals surface area contributed by atoms with E-state index in [9.17, 15) is 14.7 Å². The van der Waals surface area contributed by atoms with Gasteiger partial charge in [0.25, 0.3) is 0 Å². The number of aliphatic imine (C=N–C) groups is 1. The second-order valence-corrected chi connectivity index (χ2v) is 17.3. The number of aromatic hydroxyl groups is 1. The molecule has 0 atom stereocenters. The molecular weight excluding hydrogens is 938 g/mol. The number of halogens is 3. The van der Waals surface area contributed by atoms with Crippen molar-refractivity contribution in [1.82, 2.24) is 9.97 Å². The van der Waals surface area contributed by atoms with Crippen molar-refractivity contribution in [3.8, 4) is 5.75 Å². The Balaban J connectivity index is 1.04. The van der Waals surface area contributed by atoms with E-state index in [1.165, 1.54) is 46.2 Å². The summed E-state index contributed by atoms with van der Waals surface area (Å²) < 4.78 is 6.25. The third-order valence-electron chi connectivity index (χ3n) is 6.24. The summed E-state index contributed by atoms with van der Waals surface area (Å²) in [7, 11) is 0. The monoisotopic (exact) mass is 956 g/mol. The van der Waals surface area contributed by atoms with Crippen LogP contribution in [0.3, 0.4) is 0 Å². The average molecular weight is 957 g/mol. The van der Waals surface area contributed by atoms with E-state index < -0.39 is 0 Å². The van der Waals surface area contributed by atoms with Crippen molar-refractivity contribution in [2.24, 2.45) is 4.99 Å². The zero-order chi connectivity index (χ0) is 31.5. The van der Waals surface area contributed by atoms with Gasteiger partial charge in [0.15, 0.2) is 14.5 Å². The molecule has 0 saturated heterocycles. The van der Waals surface area contributed by atoms with Gasteiger partial charge in [-0.1, -0.05) is 51.6 Å². The van der Waals surface area contributed by atoms with Gasteiger partial charge >= 0.3 is 0 Å². The highest BCUT2D eigenvalue weighted by Crippen LogP contribution is 2.34. The Hall–Kier alpha value is -2.09. The Kier molecular flexibility index (Phi) is 10.8. The second-order valence-electron chi connectivity index (χ2n) is 9.43. The molecule has 7 nitrogen and oxygen atoms in total. The largest absolute Gasteiger partial charge is 0.506 e. The number of phenols is 1. The lowest BCUT2D eigenvalue weighted by molar-refractivity contribution is -0.113. The van der Waals surface area contributed by atoms with Crippen molar-refractivity contribution in [3.05, 3.63) is 95.5 Å². The lowest BCUT2D eigenvalue weighted by Gasteiger charge is -2.03. The molecule has 14 heteroatoms. The summed E-state index contributed by atoms with van der Waals surface area (Å²) >= 11 is 13.5. The molecule has 0 aliphatic rings. The fourth-order valence-corrected chi connectivity index (χ4v) is 10.1. The molecule has 0 fully saturated rings. The number of amides is 1. The van der Waals surface area contributed by atoms with Gasteiger partial charge in [-0.25, -0.2) is 9.97 Å². The normalized spacial score (nSPS) is 11.5. The van der Waals surface area contributed by atoms with Crippen molar-refractivity contribution >= 4 is 157 Å². The van der Waals surface area contributed by atoms with Crippen LogP contribution in [0.4, 0.5) is 11.4 Å². The number of ketones is 1. The predicted molar refractivity (Wildman–Crippen MR) is 209 cm³/mol. The second kappa shape index (κ2) is 14.8. The molecule has 1 amide bonds. The minimum atomic E-state index is -0.130. The standard InChI is InChI=1S/C31H19BrI2N4O3S4/c32-18-3-1-16(2-4-18)25(39)14-42-30-37-24-8-6-21(12-27(24)45-30)36-28(40)15-43-31-38-23-7-5-20(11-26(23)44-31)35-13-17-9-19(33)10-22(34)29(17)41/h1-13,41H,14-15H2,(H,36,40). The first-order valence-corrected chi connectivity index (χ1v) is 19.6. The highest BCUT2D eigenvalue weighted by Gasteiger charge is 2.13. The molecule has 2 heterocycles. The van der Waals surface area contributed by atoms with Crippen LogP contribution >= 0.6 is 107 Å². The van der Waals surface area contributed by atoms with Crippen molar-refractivity contribution < 1.29 is 14.7 Å². The van der Waals surface area contributed by atoms with E-state index in [1.807, 2.05) is 72.8 Å². The molecule has 2 N–H and O–H groups in total. The molecule has 0 saturated carbocycles. The minimum Gasteiger partial charge on any atom is -0.506 e. The molecule has 2 aromatic heterocycles. The number of thioether (sulfide) groups is 2. The zero-order valence-electron chi connectivity index (χ0n) is 22.8. The maximum atomic E-state index is 12.8. The predicted octanol–water partition coefficient (Wildman–Crippen LogP) is 10.0. The van der Waals surface area contributed by atoms with Gasteiger partial charge in [-0.05, 0) is 106 Å². The van der Waals surface area contributed by atoms with Crippen LogP contribution < -0.4 is 5.32 Å². The number of nitrogens with one attached hydrogen (secondary N) is 1. The van der Waals surface area contributed by atoms with Crippen LogP contribution in [0.5, 0.6) is 5.75 Å². The number of carbonyl (C=O) groups is 2. The van der Waals surface area contributed by atoms with Gasteiger partial charge in [-0.15, -0.1) is 22.7 Å². The number of rotatable bonds is 10. The molecule has 0 aliphatic carbocycles. The molecule has 0 spiro atoms. The summed E-state index contributed by atoms with van der Waals surface area (Å²) in [5, 5.41) is 13.3. The Morgan fingerprint density at radius 2 is 1.56 bits per heavy atom. The smallest absolute Gasteiger partial charge is 0.234 e. The number of phenolic OH excluding ortho intramolecular Hbond substituents is 1. The maximum Gasteiger partial charge on any atom is 0.234 e. The van der Waals surface area contributed by atoms with Crippen LogP contribution in [0.15, 0.2) is 90.9 Å². The van der Waals surface area contributed by atoms with Crippen molar-refractivity contribution in [3.63, 3.8) is 0 Å². The van der Waals surface area contributed by atoms with Gasteiger partial charge in [0.1, 0.15) is 5.75 Å². The van der Waals surface area contributed by atoms with E-state index in [2.05, 4.69) is 81.4 Å². The number of benzene rings is 4. The van der Waals surface area contributed by atoms with Crippen LogP contribution in [0, 0.1) is 7.14 Å². The van der Waals surface area contributed by atoms with E-state index >= 15 is 0 Å². The van der Waals surface area contributed by atoms with Crippen LogP contribution in [-0.2, 0) is 4.79 Å².